The van der Waals surface area contributed by atoms with Crippen LogP contribution in [0.4, 0.5) is 11.8 Å². The number of aryl methyl sites for hydroxylation is 1. The molecule has 0 bridgehead atoms. The third-order valence-corrected chi connectivity index (χ3v) is 5.80. The average Bonchev–Trinajstić information content (AvgIpc) is 3.32. The number of ketones is 1. The highest BCUT2D eigenvalue weighted by Crippen LogP contribution is 2.24. The first kappa shape index (κ1) is 23.1. The Bertz CT molecular complexity index is 1480. The number of hydrazone groups is 1. The van der Waals surface area contributed by atoms with E-state index >= 15 is 0 Å². The number of aromatic nitrogens is 4. The zero-order valence-electron chi connectivity index (χ0n) is 19.8. The minimum absolute atomic E-state index is 0.0247. The summed E-state index contributed by atoms with van der Waals surface area (Å²) < 4.78 is 7.16. The molecule has 0 unspecified atom stereocenters. The number of rotatable bonds is 7. The van der Waals surface area contributed by atoms with Crippen LogP contribution in [0, 0.1) is 18.3 Å². The van der Waals surface area contributed by atoms with Crippen LogP contribution in [0.1, 0.15) is 27.0 Å². The van der Waals surface area contributed by atoms with Crippen LogP contribution < -0.4 is 10.3 Å². The van der Waals surface area contributed by atoms with Crippen molar-refractivity contribution in [1.82, 2.24) is 19.5 Å². The third kappa shape index (κ3) is 5.06. The van der Waals surface area contributed by atoms with Crippen molar-refractivity contribution in [1.29, 1.82) is 5.26 Å². The van der Waals surface area contributed by atoms with Crippen molar-refractivity contribution in [3.63, 3.8) is 0 Å². The van der Waals surface area contributed by atoms with E-state index in [-0.39, 0.29) is 12.3 Å². The fraction of sp³-hybridized carbons (Fsp3) is 0.231. The highest BCUT2D eigenvalue weighted by atomic mass is 16.5. The van der Waals surface area contributed by atoms with Gasteiger partial charge in [-0.25, -0.2) is 4.98 Å². The van der Waals surface area contributed by atoms with E-state index in [1.807, 2.05) is 36.1 Å². The monoisotopic (exact) mass is 480 g/mol. The minimum atomic E-state index is -0.148. The lowest BCUT2D eigenvalue weighted by atomic mass is 10.1. The Labute approximate surface area is 207 Å². The Hall–Kier alpha value is -4.62. The van der Waals surface area contributed by atoms with Gasteiger partial charge in [0.2, 0.25) is 5.95 Å². The predicted octanol–water partition coefficient (Wildman–Crippen LogP) is 3.17. The van der Waals surface area contributed by atoms with E-state index in [9.17, 15) is 4.79 Å². The van der Waals surface area contributed by atoms with Gasteiger partial charge in [0.1, 0.15) is 0 Å². The molecule has 0 radical (unpaired) electrons. The standard InChI is InChI=1S/C26H24N8O2/c1-18-4-2-6-20(12-18)15-29-32-24-23-25(31-26(30-24)33-8-10-36-11-9-33)34(17-28-23)16-22(35)21-7-3-5-19(13-21)14-27/h2-7,12-13,15,17H,8-11,16H2,1H3,(H,30,31,32). The number of imidazole rings is 1. The Balaban J connectivity index is 1.48. The largest absolute Gasteiger partial charge is 0.378 e. The van der Waals surface area contributed by atoms with Gasteiger partial charge in [0.15, 0.2) is 22.8 Å². The van der Waals surface area contributed by atoms with Crippen molar-refractivity contribution in [2.24, 2.45) is 5.10 Å². The number of morpholine rings is 1. The van der Waals surface area contributed by atoms with Gasteiger partial charge < -0.3 is 14.2 Å². The van der Waals surface area contributed by atoms with Crippen LogP contribution in [-0.4, -0.2) is 57.8 Å². The molecule has 2 aromatic carbocycles. The quantitative estimate of drug-likeness (QED) is 0.243. The normalized spacial score (nSPS) is 13.7. The first-order valence-electron chi connectivity index (χ1n) is 11.6. The molecule has 3 heterocycles. The highest BCUT2D eigenvalue weighted by Gasteiger charge is 2.20. The van der Waals surface area contributed by atoms with Crippen molar-refractivity contribution < 1.29 is 9.53 Å². The molecule has 1 saturated heterocycles. The molecule has 0 atom stereocenters. The topological polar surface area (TPSA) is 121 Å². The first-order valence-corrected chi connectivity index (χ1v) is 11.6. The van der Waals surface area contributed by atoms with E-state index in [0.717, 1.165) is 11.1 Å². The number of fused-ring (bicyclic) bond motifs is 1. The fourth-order valence-electron chi connectivity index (χ4n) is 3.96. The molecule has 36 heavy (non-hydrogen) atoms. The van der Waals surface area contributed by atoms with E-state index in [2.05, 4.69) is 26.6 Å². The second kappa shape index (κ2) is 10.3. The number of Topliss-reactive ketones (excluding diaryl/α,β-unsaturated/α-hetero) is 1. The Kier molecular flexibility index (Phi) is 6.64. The lowest BCUT2D eigenvalue weighted by molar-refractivity contribution is 0.0973. The summed E-state index contributed by atoms with van der Waals surface area (Å²) in [7, 11) is 0. The molecule has 0 spiro atoms. The van der Waals surface area contributed by atoms with Gasteiger partial charge in [-0.05, 0) is 24.6 Å². The highest BCUT2D eigenvalue weighted by molar-refractivity contribution is 5.97. The molecule has 10 heteroatoms. The molecule has 1 fully saturated rings. The van der Waals surface area contributed by atoms with Crippen molar-refractivity contribution in [3.8, 4) is 6.07 Å². The molecule has 0 aliphatic carbocycles. The fourth-order valence-corrected chi connectivity index (χ4v) is 3.96. The van der Waals surface area contributed by atoms with Crippen LogP contribution in [0.15, 0.2) is 60.0 Å². The molecule has 2 aromatic heterocycles. The zero-order valence-corrected chi connectivity index (χ0v) is 19.8. The van der Waals surface area contributed by atoms with E-state index < -0.39 is 0 Å². The molecular formula is C26H24N8O2. The second-order valence-electron chi connectivity index (χ2n) is 8.42. The third-order valence-electron chi connectivity index (χ3n) is 5.80. The number of nitrogens with one attached hydrogen (secondary N) is 1. The number of carbonyl (C=O) groups excluding carboxylic acids is 1. The Morgan fingerprint density at radius 1 is 1.19 bits per heavy atom. The zero-order chi connectivity index (χ0) is 24.9. The van der Waals surface area contributed by atoms with Gasteiger partial charge in [-0.1, -0.05) is 42.0 Å². The van der Waals surface area contributed by atoms with Gasteiger partial charge in [-0.3, -0.25) is 10.2 Å². The maximum Gasteiger partial charge on any atom is 0.229 e. The molecule has 1 N–H and O–H groups in total. The molecular weight excluding hydrogens is 456 g/mol. The van der Waals surface area contributed by atoms with E-state index in [1.54, 1.807) is 41.4 Å². The predicted molar refractivity (Wildman–Crippen MR) is 136 cm³/mol. The number of nitriles is 1. The van der Waals surface area contributed by atoms with Crippen LogP contribution in [0.3, 0.4) is 0 Å². The number of carbonyl (C=O) groups is 1. The number of hydrogen-bond acceptors (Lipinski definition) is 9. The number of hydrogen-bond donors (Lipinski definition) is 1. The molecule has 1 aliphatic rings. The number of anilines is 2. The van der Waals surface area contributed by atoms with Gasteiger partial charge in [-0.15, -0.1) is 0 Å². The number of nitrogens with zero attached hydrogens (tertiary/aromatic N) is 7. The minimum Gasteiger partial charge on any atom is -0.378 e. The summed E-state index contributed by atoms with van der Waals surface area (Å²) in [6.45, 7) is 4.54. The van der Waals surface area contributed by atoms with Gasteiger partial charge >= 0.3 is 0 Å². The van der Waals surface area contributed by atoms with Crippen LogP contribution in [-0.2, 0) is 11.3 Å². The van der Waals surface area contributed by atoms with Gasteiger partial charge in [-0.2, -0.15) is 20.3 Å². The van der Waals surface area contributed by atoms with E-state index in [4.69, 9.17) is 15.0 Å². The lowest BCUT2D eigenvalue weighted by Crippen LogP contribution is -2.37. The lowest BCUT2D eigenvalue weighted by Gasteiger charge is -2.27. The summed E-state index contributed by atoms with van der Waals surface area (Å²) in [6.07, 6.45) is 3.29. The Morgan fingerprint density at radius 2 is 2.03 bits per heavy atom. The van der Waals surface area contributed by atoms with Gasteiger partial charge in [0.05, 0.1) is 43.9 Å². The average molecular weight is 481 g/mol. The van der Waals surface area contributed by atoms with Crippen molar-refractivity contribution >= 4 is 34.9 Å². The van der Waals surface area contributed by atoms with Crippen LogP contribution in [0.2, 0.25) is 0 Å². The summed E-state index contributed by atoms with van der Waals surface area (Å²) in [4.78, 5) is 28.9. The first-order chi connectivity index (χ1) is 17.6. The van der Waals surface area contributed by atoms with Crippen molar-refractivity contribution in [2.75, 3.05) is 36.6 Å². The maximum atomic E-state index is 13.0. The van der Waals surface area contributed by atoms with Crippen molar-refractivity contribution in [2.45, 2.75) is 13.5 Å². The molecule has 180 valence electrons. The second-order valence-corrected chi connectivity index (χ2v) is 8.42. The summed E-state index contributed by atoms with van der Waals surface area (Å²) in [5.74, 6) is 0.813. The number of ether oxygens (including phenoxy) is 1. The van der Waals surface area contributed by atoms with Crippen molar-refractivity contribution in [3.05, 3.63) is 77.1 Å². The summed E-state index contributed by atoms with van der Waals surface area (Å²) in [5, 5.41) is 13.5. The molecule has 10 nitrogen and oxygen atoms in total. The van der Waals surface area contributed by atoms with Crippen LogP contribution in [0.25, 0.3) is 11.2 Å². The number of benzene rings is 2. The van der Waals surface area contributed by atoms with Gasteiger partial charge in [0, 0.05) is 18.7 Å². The van der Waals surface area contributed by atoms with Gasteiger partial charge in [0.25, 0.3) is 0 Å². The van der Waals surface area contributed by atoms with E-state index in [0.29, 0.717) is 60.4 Å². The summed E-state index contributed by atoms with van der Waals surface area (Å²) in [5.41, 5.74) is 7.03. The van der Waals surface area contributed by atoms with Crippen LogP contribution >= 0.6 is 0 Å². The van der Waals surface area contributed by atoms with Crippen LogP contribution in [0.5, 0.6) is 0 Å². The Morgan fingerprint density at radius 3 is 2.83 bits per heavy atom. The summed E-state index contributed by atoms with van der Waals surface area (Å²) in [6, 6.07) is 16.7. The maximum absolute atomic E-state index is 13.0. The molecule has 0 amide bonds. The van der Waals surface area contributed by atoms with E-state index in [1.165, 1.54) is 0 Å². The smallest absolute Gasteiger partial charge is 0.229 e. The molecule has 4 aromatic rings. The molecule has 1 aliphatic heterocycles. The molecule has 5 rings (SSSR count). The SMILES string of the molecule is Cc1cccc(C=NNc2nc(N3CCOCC3)nc3c2ncn3CC(=O)c2cccc(C#N)c2)c1. The molecule has 0 saturated carbocycles. The summed E-state index contributed by atoms with van der Waals surface area (Å²) >= 11 is 0.